The molecule has 0 aliphatic heterocycles. The highest BCUT2D eigenvalue weighted by atomic mass is 32.2. The quantitative estimate of drug-likeness (QED) is 0.289. The van der Waals surface area contributed by atoms with Crippen LogP contribution in [0.3, 0.4) is 0 Å². The van der Waals surface area contributed by atoms with E-state index in [0.29, 0.717) is 29.0 Å². The lowest BCUT2D eigenvalue weighted by Gasteiger charge is -2.24. The molecule has 0 radical (unpaired) electrons. The first-order chi connectivity index (χ1) is 14.6. The Bertz CT molecular complexity index is 1020. The van der Waals surface area contributed by atoms with Crippen LogP contribution in [-0.4, -0.2) is 57.1 Å². The molecule has 10 nitrogen and oxygen atoms in total. The minimum absolute atomic E-state index is 0.0203. The van der Waals surface area contributed by atoms with E-state index >= 15 is 0 Å². The highest BCUT2D eigenvalue weighted by Gasteiger charge is 2.26. The van der Waals surface area contributed by atoms with Crippen molar-refractivity contribution in [2.24, 2.45) is 5.92 Å². The summed E-state index contributed by atoms with van der Waals surface area (Å²) in [5, 5.41) is 5.39. The number of aromatic nitrogens is 1. The number of nitrogens with two attached hydrogens (primary N) is 1. The molecule has 31 heavy (non-hydrogen) atoms. The van der Waals surface area contributed by atoms with Crippen LogP contribution in [0.2, 0.25) is 0 Å². The number of sulfonamides is 1. The molecule has 1 heterocycles. The van der Waals surface area contributed by atoms with Gasteiger partial charge in [0.15, 0.2) is 5.58 Å². The molecule has 1 amide bonds. The largest absolute Gasteiger partial charge is 0.444 e. The molecule has 0 saturated carbocycles. The molecular weight excluding hydrogens is 442 g/mol. The van der Waals surface area contributed by atoms with Crippen molar-refractivity contribution in [3.05, 3.63) is 29.3 Å². The number of anilines is 1. The number of benzene rings is 1. The summed E-state index contributed by atoms with van der Waals surface area (Å²) in [6.45, 7) is 4.74. The van der Waals surface area contributed by atoms with E-state index in [1.165, 1.54) is 16.4 Å². The van der Waals surface area contributed by atoms with E-state index in [2.05, 4.69) is 28.2 Å². The van der Waals surface area contributed by atoms with Gasteiger partial charge in [-0.05, 0) is 24.5 Å². The molecule has 4 N–H and O–H groups in total. The van der Waals surface area contributed by atoms with Crippen LogP contribution >= 0.6 is 12.6 Å². The summed E-state index contributed by atoms with van der Waals surface area (Å²) in [5.74, 6) is 0.116. The molecule has 2 aromatic rings. The van der Waals surface area contributed by atoms with Crippen molar-refractivity contribution in [2.75, 3.05) is 39.0 Å². The Morgan fingerprint density at radius 3 is 2.84 bits per heavy atom. The Morgan fingerprint density at radius 1 is 1.42 bits per heavy atom. The van der Waals surface area contributed by atoms with E-state index in [-0.39, 0.29) is 36.5 Å². The number of carbonyl (C=O) groups excluding carboxylic acids is 1. The number of thiol groups is 1. The molecule has 172 valence electrons. The molecule has 0 spiro atoms. The van der Waals surface area contributed by atoms with Crippen LogP contribution in [0, 0.1) is 5.92 Å². The second-order valence-electron chi connectivity index (χ2n) is 7.22. The van der Waals surface area contributed by atoms with Gasteiger partial charge in [0.05, 0.1) is 4.90 Å². The van der Waals surface area contributed by atoms with E-state index < -0.39 is 16.1 Å². The fourth-order valence-corrected chi connectivity index (χ4v) is 4.65. The number of hydrogen-bond acceptors (Lipinski definition) is 9. The van der Waals surface area contributed by atoms with E-state index in [0.717, 1.165) is 0 Å². The number of nitrogen functional groups attached to an aromatic ring is 1. The van der Waals surface area contributed by atoms with Crippen molar-refractivity contribution in [3.8, 4) is 0 Å². The lowest BCUT2D eigenvalue weighted by atomic mass is 10.2. The zero-order valence-corrected chi connectivity index (χ0v) is 19.5. The molecule has 0 fully saturated rings. The summed E-state index contributed by atoms with van der Waals surface area (Å²) in [6.07, 6.45) is 1.43. The number of oxazole rings is 1. The molecule has 1 aromatic carbocycles. The SMILES string of the molecule is CN/C=C(\S)COC(=O)NCCCN(CC(C)C)S(=O)(=O)c1ccc2nc(N)oc2c1. The van der Waals surface area contributed by atoms with Crippen molar-refractivity contribution < 1.29 is 22.4 Å². The summed E-state index contributed by atoms with van der Waals surface area (Å²) >= 11 is 4.15. The van der Waals surface area contributed by atoms with Crippen LogP contribution < -0.4 is 16.4 Å². The third-order valence-corrected chi connectivity index (χ3v) is 6.22. The maximum Gasteiger partial charge on any atom is 0.407 e. The van der Waals surface area contributed by atoms with Gasteiger partial charge >= 0.3 is 6.09 Å². The molecule has 0 aliphatic carbocycles. The molecular formula is C19H29N5O5S2. The Balaban J connectivity index is 1.98. The fourth-order valence-electron chi connectivity index (χ4n) is 2.79. The zero-order valence-electron chi connectivity index (χ0n) is 17.8. The summed E-state index contributed by atoms with van der Waals surface area (Å²) in [5.41, 5.74) is 6.34. The second kappa shape index (κ2) is 11.3. The van der Waals surface area contributed by atoms with Gasteiger partial charge in [0.1, 0.15) is 12.1 Å². The molecule has 0 aliphatic rings. The molecule has 2 rings (SSSR count). The van der Waals surface area contributed by atoms with Gasteiger partial charge in [-0.25, -0.2) is 13.2 Å². The predicted octanol–water partition coefficient (Wildman–Crippen LogP) is 2.16. The van der Waals surface area contributed by atoms with E-state index in [4.69, 9.17) is 14.9 Å². The van der Waals surface area contributed by atoms with Crippen LogP contribution in [0.15, 0.2) is 38.6 Å². The van der Waals surface area contributed by atoms with Gasteiger partial charge in [-0.2, -0.15) is 9.29 Å². The normalized spacial score (nSPS) is 12.5. The third kappa shape index (κ3) is 7.33. The Labute approximate surface area is 187 Å². The number of carbonyl (C=O) groups is 1. The van der Waals surface area contributed by atoms with E-state index in [9.17, 15) is 13.2 Å². The summed E-state index contributed by atoms with van der Waals surface area (Å²) in [7, 11) is -2.06. The maximum absolute atomic E-state index is 13.2. The van der Waals surface area contributed by atoms with E-state index in [1.54, 1.807) is 19.3 Å². The van der Waals surface area contributed by atoms with Gasteiger partial charge < -0.3 is 25.5 Å². The highest BCUT2D eigenvalue weighted by molar-refractivity contribution is 7.89. The molecule has 0 bridgehead atoms. The van der Waals surface area contributed by atoms with Crippen molar-refractivity contribution in [1.29, 1.82) is 0 Å². The first-order valence-electron chi connectivity index (χ1n) is 9.75. The van der Waals surface area contributed by atoms with Gasteiger partial charge in [0, 0.05) is 43.9 Å². The molecule has 0 saturated heterocycles. The van der Waals surface area contributed by atoms with Crippen molar-refractivity contribution >= 4 is 45.9 Å². The van der Waals surface area contributed by atoms with Gasteiger partial charge in [-0.3, -0.25) is 0 Å². The number of hydrogen-bond donors (Lipinski definition) is 4. The minimum Gasteiger partial charge on any atom is -0.444 e. The fraction of sp³-hybridized carbons (Fsp3) is 0.474. The van der Waals surface area contributed by atoms with Crippen LogP contribution in [0.5, 0.6) is 0 Å². The van der Waals surface area contributed by atoms with Gasteiger partial charge in [-0.1, -0.05) is 13.8 Å². The minimum atomic E-state index is -3.77. The van der Waals surface area contributed by atoms with Crippen LogP contribution in [0.1, 0.15) is 20.3 Å². The Kier molecular flexibility index (Phi) is 9.01. The van der Waals surface area contributed by atoms with Crippen molar-refractivity contribution in [1.82, 2.24) is 19.9 Å². The highest BCUT2D eigenvalue weighted by Crippen LogP contribution is 2.24. The molecule has 0 unspecified atom stereocenters. The Hall–Kier alpha value is -2.44. The topological polar surface area (TPSA) is 140 Å². The first kappa shape index (κ1) is 24.8. The summed E-state index contributed by atoms with van der Waals surface area (Å²) < 4.78 is 38.0. The first-order valence-corrected chi connectivity index (χ1v) is 11.6. The monoisotopic (exact) mass is 471 g/mol. The number of ether oxygens (including phenoxy) is 1. The maximum atomic E-state index is 13.2. The number of nitrogens with one attached hydrogen (secondary N) is 2. The van der Waals surface area contributed by atoms with Crippen LogP contribution in [0.25, 0.3) is 11.1 Å². The Morgan fingerprint density at radius 2 is 2.16 bits per heavy atom. The standard InChI is InChI=1S/C19H29N5O5S2/c1-13(2)11-24(8-4-7-22-19(25)28-12-14(30)10-21-3)31(26,27)15-5-6-16-17(9-15)29-18(20)23-16/h5-6,9-10,13,21,30H,4,7-8,11-12H2,1-3H3,(H2,20,23)(H,22,25)/b14-10-. The molecule has 12 heteroatoms. The van der Waals surface area contributed by atoms with Crippen molar-refractivity contribution in [2.45, 2.75) is 25.2 Å². The lowest BCUT2D eigenvalue weighted by molar-refractivity contribution is 0.157. The van der Waals surface area contributed by atoms with Crippen LogP contribution in [-0.2, 0) is 14.8 Å². The molecule has 1 aromatic heterocycles. The number of rotatable bonds is 11. The number of amides is 1. The number of fused-ring (bicyclic) bond motifs is 1. The average molecular weight is 472 g/mol. The van der Waals surface area contributed by atoms with Gasteiger partial charge in [0.2, 0.25) is 10.0 Å². The van der Waals surface area contributed by atoms with Gasteiger partial charge in [-0.15, -0.1) is 12.6 Å². The predicted molar refractivity (Wildman–Crippen MR) is 122 cm³/mol. The average Bonchev–Trinajstić information content (AvgIpc) is 3.07. The smallest absolute Gasteiger partial charge is 0.407 e. The number of nitrogens with zero attached hydrogens (tertiary/aromatic N) is 2. The zero-order chi connectivity index (χ0) is 23.0. The number of alkyl carbamates (subject to hydrolysis) is 1. The van der Waals surface area contributed by atoms with Crippen molar-refractivity contribution in [3.63, 3.8) is 0 Å². The van der Waals surface area contributed by atoms with E-state index in [1.807, 2.05) is 13.8 Å². The lowest BCUT2D eigenvalue weighted by Crippen LogP contribution is -2.37. The molecule has 0 atom stereocenters. The third-order valence-electron chi connectivity index (χ3n) is 4.10. The van der Waals surface area contributed by atoms with Gasteiger partial charge in [0.25, 0.3) is 6.01 Å². The summed E-state index contributed by atoms with van der Waals surface area (Å²) in [6, 6.07) is 4.44. The summed E-state index contributed by atoms with van der Waals surface area (Å²) in [4.78, 5) is 16.4. The van der Waals surface area contributed by atoms with Crippen LogP contribution in [0.4, 0.5) is 10.8 Å². The second-order valence-corrected chi connectivity index (χ2v) is 9.73.